The number of ether oxygens (including phenoxy) is 1. The molecule has 2 atom stereocenters. The van der Waals surface area contributed by atoms with E-state index in [1.807, 2.05) is 11.0 Å². The van der Waals surface area contributed by atoms with Crippen LogP contribution in [0.25, 0.3) is 0 Å². The highest BCUT2D eigenvalue weighted by atomic mass is 19.1. The number of nitrogens with zero attached hydrogens (tertiary/aromatic N) is 2. The summed E-state index contributed by atoms with van der Waals surface area (Å²) in [7, 11) is 0. The van der Waals surface area contributed by atoms with E-state index in [4.69, 9.17) is 4.74 Å². The average Bonchev–Trinajstić information content (AvgIpc) is 3.31. The van der Waals surface area contributed by atoms with Crippen molar-refractivity contribution in [2.45, 2.75) is 38.0 Å². The molecule has 1 aromatic carbocycles. The lowest BCUT2D eigenvalue weighted by Gasteiger charge is -2.19. The predicted molar refractivity (Wildman–Crippen MR) is 108 cm³/mol. The van der Waals surface area contributed by atoms with Crippen LogP contribution in [0, 0.1) is 11.6 Å². The molecule has 7 nitrogen and oxygen atoms in total. The number of halogens is 2. The van der Waals surface area contributed by atoms with E-state index in [0.29, 0.717) is 48.8 Å². The molecule has 1 unspecified atom stereocenters. The molecule has 3 heterocycles. The summed E-state index contributed by atoms with van der Waals surface area (Å²) in [4.78, 5) is 22.0. The zero-order valence-electron chi connectivity index (χ0n) is 16.7. The summed E-state index contributed by atoms with van der Waals surface area (Å²) in [6, 6.07) is 3.51. The third-order valence-corrected chi connectivity index (χ3v) is 5.86. The lowest BCUT2D eigenvalue weighted by atomic mass is 9.94. The molecule has 3 N–H and O–H groups in total. The molecule has 1 saturated heterocycles. The first-order valence-electron chi connectivity index (χ1n) is 10.3. The van der Waals surface area contributed by atoms with Crippen LogP contribution in [-0.4, -0.2) is 39.2 Å². The van der Waals surface area contributed by atoms with Gasteiger partial charge in [0, 0.05) is 43.4 Å². The monoisotopic (exact) mass is 428 g/mol. The number of H-pyrrole nitrogens is 1. The normalized spacial score (nSPS) is 22.4. The zero-order valence-corrected chi connectivity index (χ0v) is 16.7. The molecule has 1 aromatic heterocycles. The van der Waals surface area contributed by atoms with Crippen molar-refractivity contribution in [2.24, 2.45) is 0 Å². The number of aromatic nitrogens is 2. The molecule has 31 heavy (non-hydrogen) atoms. The van der Waals surface area contributed by atoms with Crippen LogP contribution in [0.5, 0.6) is 5.75 Å². The van der Waals surface area contributed by atoms with Gasteiger partial charge in [0.25, 0.3) is 5.56 Å². The van der Waals surface area contributed by atoms with Gasteiger partial charge in [-0.3, -0.25) is 9.69 Å². The number of hydrogen-bond acceptors (Lipinski definition) is 6. The van der Waals surface area contributed by atoms with Gasteiger partial charge in [-0.2, -0.15) is 0 Å². The number of rotatable bonds is 5. The molecule has 2 aliphatic heterocycles. The van der Waals surface area contributed by atoms with Crippen molar-refractivity contribution >= 4 is 0 Å². The van der Waals surface area contributed by atoms with Crippen LogP contribution in [0.4, 0.5) is 8.78 Å². The van der Waals surface area contributed by atoms with Gasteiger partial charge in [-0.25, -0.2) is 13.8 Å². The maximum atomic E-state index is 13.9. The fourth-order valence-corrected chi connectivity index (χ4v) is 4.25. The largest absolute Gasteiger partial charge is 0.453 e. The van der Waals surface area contributed by atoms with E-state index >= 15 is 0 Å². The Balaban J connectivity index is 1.31. The molecular formula is C22H22F2N4O3. The van der Waals surface area contributed by atoms with E-state index in [9.17, 15) is 18.7 Å². The number of likely N-dealkylation sites (tertiary alicyclic amines) is 1. The smallest absolute Gasteiger partial charge is 0.294 e. The number of aliphatic hydroxyl groups excluding tert-OH is 1. The molecule has 9 heteroatoms. The number of aromatic amines is 1. The molecule has 3 aliphatic rings. The predicted octanol–water partition coefficient (Wildman–Crippen LogP) is 2.05. The average molecular weight is 428 g/mol. The highest BCUT2D eigenvalue weighted by Gasteiger charge is 2.36. The third-order valence-electron chi connectivity index (χ3n) is 5.86. The van der Waals surface area contributed by atoms with Crippen LogP contribution >= 0.6 is 0 Å². The summed E-state index contributed by atoms with van der Waals surface area (Å²) < 4.78 is 32.8. The first kappa shape index (κ1) is 19.9. The van der Waals surface area contributed by atoms with E-state index in [1.165, 1.54) is 12.1 Å². The maximum absolute atomic E-state index is 13.9. The van der Waals surface area contributed by atoms with Crippen molar-refractivity contribution in [2.75, 3.05) is 13.1 Å². The molecule has 1 aliphatic carbocycles. The zero-order chi connectivity index (χ0) is 21.5. The quantitative estimate of drug-likeness (QED) is 0.676. The summed E-state index contributed by atoms with van der Waals surface area (Å²) >= 11 is 0. The van der Waals surface area contributed by atoms with Gasteiger partial charge in [-0.1, -0.05) is 6.07 Å². The Hall–Kier alpha value is -3.04. The molecule has 0 radical (unpaired) electrons. The molecule has 2 aromatic rings. The van der Waals surface area contributed by atoms with Gasteiger partial charge >= 0.3 is 0 Å². The van der Waals surface area contributed by atoms with E-state index in [-0.39, 0.29) is 29.9 Å². The van der Waals surface area contributed by atoms with Crippen LogP contribution in [0.3, 0.4) is 0 Å². The van der Waals surface area contributed by atoms with Gasteiger partial charge in [0.15, 0.2) is 0 Å². The van der Waals surface area contributed by atoms with Crippen molar-refractivity contribution in [3.05, 3.63) is 80.9 Å². The lowest BCUT2D eigenvalue weighted by Crippen LogP contribution is -2.25. The van der Waals surface area contributed by atoms with Crippen LogP contribution in [0.2, 0.25) is 0 Å². The minimum Gasteiger partial charge on any atom is -0.453 e. The van der Waals surface area contributed by atoms with E-state index in [1.54, 1.807) is 6.08 Å². The summed E-state index contributed by atoms with van der Waals surface area (Å²) in [6.45, 7) is 1.98. The van der Waals surface area contributed by atoms with Crippen molar-refractivity contribution < 1.29 is 18.6 Å². The SMILES string of the molecule is O=c1[nH]c(CN2CC[C@H](O)C2)nc2c1OC1=CC=C(NCc3ccc(F)cc3F)CC12. The summed E-state index contributed by atoms with van der Waals surface area (Å²) in [5.74, 6) is -0.00705. The third kappa shape index (κ3) is 3.98. The molecule has 1 fully saturated rings. The molecule has 0 spiro atoms. The van der Waals surface area contributed by atoms with E-state index < -0.39 is 11.6 Å². The fraction of sp³-hybridized carbons (Fsp3) is 0.364. The van der Waals surface area contributed by atoms with Crippen molar-refractivity contribution in [1.29, 1.82) is 0 Å². The van der Waals surface area contributed by atoms with Gasteiger partial charge < -0.3 is 20.1 Å². The van der Waals surface area contributed by atoms with Crippen LogP contribution in [0.15, 0.2) is 46.6 Å². The number of nitrogens with one attached hydrogen (secondary N) is 2. The topological polar surface area (TPSA) is 90.5 Å². The number of hydrogen-bond donors (Lipinski definition) is 3. The first-order valence-corrected chi connectivity index (χ1v) is 10.3. The Morgan fingerprint density at radius 2 is 2.19 bits per heavy atom. The van der Waals surface area contributed by atoms with Gasteiger partial charge in [0.1, 0.15) is 28.9 Å². The van der Waals surface area contributed by atoms with E-state index in [0.717, 1.165) is 18.3 Å². The second-order valence-corrected chi connectivity index (χ2v) is 8.11. The molecule has 5 rings (SSSR count). The molecular weight excluding hydrogens is 406 g/mol. The maximum Gasteiger partial charge on any atom is 0.294 e. The number of β-amino-alcohol motifs (C(OH)–C–C–N with tert-alkyl or cyclic N) is 1. The highest BCUT2D eigenvalue weighted by molar-refractivity contribution is 5.45. The highest BCUT2D eigenvalue weighted by Crippen LogP contribution is 2.42. The molecule has 0 saturated carbocycles. The van der Waals surface area contributed by atoms with Crippen LogP contribution < -0.4 is 15.6 Å². The second-order valence-electron chi connectivity index (χ2n) is 8.11. The minimum absolute atomic E-state index is 0.203. The molecule has 0 amide bonds. The summed E-state index contributed by atoms with van der Waals surface area (Å²) in [5, 5.41) is 12.9. The van der Waals surface area contributed by atoms with Crippen LogP contribution in [0.1, 0.15) is 35.8 Å². The van der Waals surface area contributed by atoms with Gasteiger partial charge in [0.05, 0.1) is 18.6 Å². The molecule has 0 bridgehead atoms. The van der Waals surface area contributed by atoms with Crippen molar-refractivity contribution in [3.63, 3.8) is 0 Å². The fourth-order valence-electron chi connectivity index (χ4n) is 4.25. The summed E-state index contributed by atoms with van der Waals surface area (Å²) in [5.41, 5.74) is 1.48. The van der Waals surface area contributed by atoms with Crippen molar-refractivity contribution in [3.8, 4) is 5.75 Å². The Bertz CT molecular complexity index is 1140. The Morgan fingerprint density at radius 3 is 2.97 bits per heavy atom. The van der Waals surface area contributed by atoms with E-state index in [2.05, 4.69) is 15.3 Å². The number of allylic oxidation sites excluding steroid dienone is 4. The Labute approximate surface area is 177 Å². The summed E-state index contributed by atoms with van der Waals surface area (Å²) in [6.07, 6.45) is 4.51. The number of aliphatic hydroxyl groups is 1. The Morgan fingerprint density at radius 1 is 1.32 bits per heavy atom. The minimum atomic E-state index is -0.610. The number of benzene rings is 1. The van der Waals surface area contributed by atoms with Gasteiger partial charge in [0.2, 0.25) is 5.75 Å². The standard InChI is InChI=1S/C22H22F2N4O3/c23-13-2-1-12(17(24)7-13)9-25-14-3-4-18-16(8-14)20-21(31-18)22(30)27-19(26-20)11-28-6-5-15(29)10-28/h1-4,7,15-16,25,29H,5-6,8-11H2,(H,26,27,30)/t15-,16?/m0/s1. The lowest BCUT2D eigenvalue weighted by molar-refractivity contribution is 0.174. The van der Waals surface area contributed by atoms with Gasteiger partial charge in [-0.15, -0.1) is 0 Å². The van der Waals surface area contributed by atoms with Gasteiger partial charge in [-0.05, 0) is 24.6 Å². The van der Waals surface area contributed by atoms with Crippen molar-refractivity contribution in [1.82, 2.24) is 20.2 Å². The second kappa shape index (κ2) is 7.90. The van der Waals surface area contributed by atoms with Crippen LogP contribution in [-0.2, 0) is 13.1 Å². The molecule has 162 valence electrons. The first-order chi connectivity index (χ1) is 15.0. The number of fused-ring (bicyclic) bond motifs is 3. The Kier molecular flexibility index (Phi) is 5.07.